The highest BCUT2D eigenvalue weighted by atomic mass is 32.2. The van der Waals surface area contributed by atoms with Crippen molar-refractivity contribution >= 4 is 15.9 Å². The van der Waals surface area contributed by atoms with Crippen LogP contribution in [0.1, 0.15) is 5.56 Å². The number of benzene rings is 1. The minimum absolute atomic E-state index is 0.00463. The van der Waals surface area contributed by atoms with Gasteiger partial charge >= 0.3 is 0 Å². The van der Waals surface area contributed by atoms with E-state index in [1.54, 1.807) is 0 Å². The summed E-state index contributed by atoms with van der Waals surface area (Å²) in [6, 6.07) is 8.50. The monoisotopic (exact) mass is 337 g/mol. The number of nitrogens with one attached hydrogen (secondary N) is 1. The van der Waals surface area contributed by atoms with Crippen LogP contribution in [-0.2, 0) is 21.2 Å². The van der Waals surface area contributed by atoms with Crippen molar-refractivity contribution in [1.82, 2.24) is 9.71 Å². The fraction of sp³-hybridized carbons (Fsp3) is 0.200. The summed E-state index contributed by atoms with van der Waals surface area (Å²) in [5.74, 6) is -1.77. The number of carbonyl (C=O) groups is 1. The lowest BCUT2D eigenvalue weighted by molar-refractivity contribution is -0.121. The second-order valence-corrected chi connectivity index (χ2v) is 6.74. The summed E-state index contributed by atoms with van der Waals surface area (Å²) in [7, 11) is -3.77. The fourth-order valence-corrected chi connectivity index (χ4v) is 3.02. The third-order valence-electron chi connectivity index (χ3n) is 3.26. The van der Waals surface area contributed by atoms with Crippen molar-refractivity contribution < 1.29 is 17.6 Å². The summed E-state index contributed by atoms with van der Waals surface area (Å²) < 4.78 is 39.4. The summed E-state index contributed by atoms with van der Waals surface area (Å²) in [5.41, 5.74) is 6.01. The molecule has 0 saturated carbocycles. The largest absolute Gasteiger partial charge is 0.369 e. The van der Waals surface area contributed by atoms with Crippen molar-refractivity contribution in [3.63, 3.8) is 0 Å². The van der Waals surface area contributed by atoms with E-state index in [0.29, 0.717) is 5.56 Å². The Labute approximate surface area is 133 Å². The van der Waals surface area contributed by atoms with E-state index in [-0.39, 0.29) is 23.7 Å². The maximum absolute atomic E-state index is 12.9. The lowest BCUT2D eigenvalue weighted by atomic mass is 9.99. The Morgan fingerprint density at radius 1 is 1.26 bits per heavy atom. The number of aromatic nitrogens is 1. The number of hydrogen-bond donors (Lipinski definition) is 2. The zero-order chi connectivity index (χ0) is 16.9. The summed E-state index contributed by atoms with van der Waals surface area (Å²) in [5, 5.41) is 0. The van der Waals surface area contributed by atoms with Crippen LogP contribution >= 0.6 is 0 Å². The molecule has 0 bridgehead atoms. The number of halogens is 1. The molecule has 0 aliphatic carbocycles. The van der Waals surface area contributed by atoms with Gasteiger partial charge in [0.1, 0.15) is 10.7 Å². The van der Waals surface area contributed by atoms with Crippen LogP contribution in [0.5, 0.6) is 0 Å². The van der Waals surface area contributed by atoms with Crippen LogP contribution in [0.4, 0.5) is 4.39 Å². The van der Waals surface area contributed by atoms with Crippen molar-refractivity contribution in [2.45, 2.75) is 11.3 Å². The van der Waals surface area contributed by atoms with Crippen molar-refractivity contribution in [2.24, 2.45) is 11.7 Å². The zero-order valence-electron chi connectivity index (χ0n) is 12.1. The van der Waals surface area contributed by atoms with Gasteiger partial charge in [-0.2, -0.15) is 0 Å². The first kappa shape index (κ1) is 17.0. The number of sulfonamides is 1. The molecule has 3 N–H and O–H groups in total. The molecule has 6 nitrogen and oxygen atoms in total. The van der Waals surface area contributed by atoms with E-state index in [4.69, 9.17) is 5.73 Å². The lowest BCUT2D eigenvalue weighted by Gasteiger charge is -2.14. The molecule has 0 aliphatic heterocycles. The minimum atomic E-state index is -3.77. The zero-order valence-corrected chi connectivity index (χ0v) is 13.0. The Morgan fingerprint density at radius 3 is 2.52 bits per heavy atom. The summed E-state index contributed by atoms with van der Waals surface area (Å²) in [4.78, 5) is 15.3. The third kappa shape index (κ3) is 4.83. The molecule has 0 unspecified atom stereocenters. The quantitative estimate of drug-likeness (QED) is 0.781. The van der Waals surface area contributed by atoms with Crippen molar-refractivity contribution in [3.8, 4) is 0 Å². The minimum Gasteiger partial charge on any atom is -0.369 e. The Morgan fingerprint density at radius 2 is 1.96 bits per heavy atom. The molecule has 0 saturated heterocycles. The van der Waals surface area contributed by atoms with Crippen LogP contribution in [0.3, 0.4) is 0 Å². The van der Waals surface area contributed by atoms with Gasteiger partial charge in [0, 0.05) is 18.9 Å². The maximum Gasteiger partial charge on any atom is 0.242 e. The van der Waals surface area contributed by atoms with Crippen molar-refractivity contribution in [2.75, 3.05) is 6.54 Å². The van der Waals surface area contributed by atoms with Crippen molar-refractivity contribution in [3.05, 3.63) is 60.2 Å². The van der Waals surface area contributed by atoms with E-state index in [1.165, 1.54) is 48.8 Å². The van der Waals surface area contributed by atoms with Gasteiger partial charge in [0.2, 0.25) is 15.9 Å². The molecular formula is C15H16FN3O3S. The number of hydrogen-bond acceptors (Lipinski definition) is 4. The number of nitrogens with two attached hydrogens (primary N) is 1. The Balaban J connectivity index is 2.05. The topological polar surface area (TPSA) is 102 Å². The Kier molecular flexibility index (Phi) is 5.41. The van der Waals surface area contributed by atoms with Gasteiger partial charge in [-0.3, -0.25) is 9.78 Å². The average Bonchev–Trinajstić information content (AvgIpc) is 2.54. The molecule has 1 atom stereocenters. The number of pyridine rings is 1. The molecule has 1 heterocycles. The van der Waals surface area contributed by atoms with E-state index in [0.717, 1.165) is 0 Å². The van der Waals surface area contributed by atoms with Gasteiger partial charge in [-0.1, -0.05) is 12.1 Å². The molecule has 0 radical (unpaired) electrons. The molecule has 23 heavy (non-hydrogen) atoms. The molecular weight excluding hydrogens is 321 g/mol. The lowest BCUT2D eigenvalue weighted by Crippen LogP contribution is -2.37. The van der Waals surface area contributed by atoms with Gasteiger partial charge in [0.05, 0.1) is 5.92 Å². The smallest absolute Gasteiger partial charge is 0.242 e. The molecule has 2 aromatic rings. The Bertz CT molecular complexity index is 764. The van der Waals surface area contributed by atoms with Gasteiger partial charge < -0.3 is 5.73 Å². The molecule has 8 heteroatoms. The average molecular weight is 337 g/mol. The van der Waals surface area contributed by atoms with Crippen LogP contribution in [-0.4, -0.2) is 25.9 Å². The highest BCUT2D eigenvalue weighted by molar-refractivity contribution is 7.89. The number of rotatable bonds is 7. The molecule has 122 valence electrons. The van der Waals surface area contributed by atoms with E-state index >= 15 is 0 Å². The normalized spacial score (nSPS) is 12.7. The summed E-state index contributed by atoms with van der Waals surface area (Å²) >= 11 is 0. The summed E-state index contributed by atoms with van der Waals surface area (Å²) in [6.45, 7) is -0.149. The van der Waals surface area contributed by atoms with Crippen LogP contribution < -0.4 is 10.5 Å². The summed E-state index contributed by atoms with van der Waals surface area (Å²) in [6.07, 6.45) is 2.88. The number of primary amides is 1. The van der Waals surface area contributed by atoms with Gasteiger partial charge in [-0.25, -0.2) is 17.5 Å². The predicted octanol–water partition coefficient (Wildman–Crippen LogP) is 0.843. The SMILES string of the molecule is NC(=O)[C@@H](CNS(=O)(=O)c1cccnc1)Cc1ccc(F)cc1. The van der Waals surface area contributed by atoms with Crippen LogP contribution in [0, 0.1) is 11.7 Å². The second kappa shape index (κ2) is 7.30. The third-order valence-corrected chi connectivity index (χ3v) is 4.67. The molecule has 1 amide bonds. The molecule has 1 aromatic carbocycles. The molecule has 0 spiro atoms. The molecule has 0 aliphatic rings. The predicted molar refractivity (Wildman–Crippen MR) is 82.2 cm³/mol. The van der Waals surface area contributed by atoms with Crippen LogP contribution in [0.2, 0.25) is 0 Å². The van der Waals surface area contributed by atoms with Crippen LogP contribution in [0.15, 0.2) is 53.7 Å². The molecule has 1 aromatic heterocycles. The number of carbonyl (C=O) groups excluding carboxylic acids is 1. The maximum atomic E-state index is 12.9. The highest BCUT2D eigenvalue weighted by Crippen LogP contribution is 2.11. The highest BCUT2D eigenvalue weighted by Gasteiger charge is 2.21. The first-order chi connectivity index (χ1) is 10.9. The fourth-order valence-electron chi connectivity index (χ4n) is 1.98. The van der Waals surface area contributed by atoms with Gasteiger partial charge in [0.25, 0.3) is 0 Å². The molecule has 2 rings (SSSR count). The second-order valence-electron chi connectivity index (χ2n) is 4.97. The van der Waals surface area contributed by atoms with E-state index in [1.807, 2.05) is 0 Å². The first-order valence-electron chi connectivity index (χ1n) is 6.82. The van der Waals surface area contributed by atoms with Gasteiger partial charge in [0.15, 0.2) is 0 Å². The molecule has 0 fully saturated rings. The van der Waals surface area contributed by atoms with Gasteiger partial charge in [-0.15, -0.1) is 0 Å². The van der Waals surface area contributed by atoms with E-state index < -0.39 is 21.8 Å². The Hall–Kier alpha value is -2.32. The van der Waals surface area contributed by atoms with E-state index in [9.17, 15) is 17.6 Å². The number of nitrogens with zero attached hydrogens (tertiary/aromatic N) is 1. The first-order valence-corrected chi connectivity index (χ1v) is 8.30. The number of amides is 1. The van der Waals surface area contributed by atoms with Gasteiger partial charge in [-0.05, 0) is 36.2 Å². The van der Waals surface area contributed by atoms with E-state index in [2.05, 4.69) is 9.71 Å². The van der Waals surface area contributed by atoms with Crippen molar-refractivity contribution in [1.29, 1.82) is 0 Å². The van der Waals surface area contributed by atoms with Crippen LogP contribution in [0.25, 0.3) is 0 Å². The standard InChI is InChI=1S/C15H16FN3O3S/c16-13-5-3-11(4-6-13)8-12(15(17)20)9-19-23(21,22)14-2-1-7-18-10-14/h1-7,10,12,19H,8-9H2,(H2,17,20)/t12-/m1/s1.